The number of hydrogen-bond acceptors (Lipinski definition) is 4. The SMILES string of the molecule is CC(C)(C)OC(=O)N1C2CCC1CC(O)(c1ccc(Br)nc1)C2. The first kappa shape index (κ1) is 16.7. The Hall–Kier alpha value is -1.14. The van der Waals surface area contributed by atoms with Crippen LogP contribution in [0.3, 0.4) is 0 Å². The molecule has 2 unspecified atom stereocenters. The molecule has 2 saturated heterocycles. The van der Waals surface area contributed by atoms with E-state index >= 15 is 0 Å². The van der Waals surface area contributed by atoms with Crippen molar-refractivity contribution in [1.29, 1.82) is 0 Å². The van der Waals surface area contributed by atoms with Crippen LogP contribution in [0, 0.1) is 0 Å². The molecule has 126 valence electrons. The van der Waals surface area contributed by atoms with Crippen LogP contribution in [-0.4, -0.2) is 38.8 Å². The first-order valence-corrected chi connectivity index (χ1v) is 8.83. The summed E-state index contributed by atoms with van der Waals surface area (Å²) >= 11 is 3.32. The second kappa shape index (κ2) is 5.74. The molecule has 5 nitrogen and oxygen atoms in total. The van der Waals surface area contributed by atoms with E-state index in [1.54, 1.807) is 6.20 Å². The number of amides is 1. The Morgan fingerprint density at radius 3 is 2.43 bits per heavy atom. The summed E-state index contributed by atoms with van der Waals surface area (Å²) in [5, 5.41) is 11.1. The lowest BCUT2D eigenvalue weighted by molar-refractivity contribution is -0.0626. The average molecular weight is 383 g/mol. The number of carbonyl (C=O) groups excluding carboxylic acids is 1. The Balaban J connectivity index is 1.79. The van der Waals surface area contributed by atoms with Crippen molar-refractivity contribution in [3.63, 3.8) is 0 Å². The van der Waals surface area contributed by atoms with Gasteiger partial charge in [0.15, 0.2) is 0 Å². The maximum absolute atomic E-state index is 12.5. The normalized spacial score (nSPS) is 30.4. The Bertz CT molecular complexity index is 583. The molecule has 1 aromatic heterocycles. The van der Waals surface area contributed by atoms with Gasteiger partial charge in [0.1, 0.15) is 10.2 Å². The molecule has 2 atom stereocenters. The monoisotopic (exact) mass is 382 g/mol. The van der Waals surface area contributed by atoms with E-state index in [0.29, 0.717) is 12.8 Å². The molecule has 0 aromatic carbocycles. The van der Waals surface area contributed by atoms with Gasteiger partial charge in [-0.1, -0.05) is 6.07 Å². The van der Waals surface area contributed by atoms with E-state index in [4.69, 9.17) is 4.74 Å². The zero-order valence-electron chi connectivity index (χ0n) is 13.8. The molecule has 1 N–H and O–H groups in total. The quantitative estimate of drug-likeness (QED) is 0.753. The summed E-state index contributed by atoms with van der Waals surface area (Å²) in [5.74, 6) is 0. The summed E-state index contributed by atoms with van der Waals surface area (Å²) in [4.78, 5) is 18.5. The first-order valence-electron chi connectivity index (χ1n) is 8.04. The van der Waals surface area contributed by atoms with Gasteiger partial charge in [0.05, 0.1) is 5.60 Å². The predicted octanol–water partition coefficient (Wildman–Crippen LogP) is 3.59. The molecule has 0 saturated carbocycles. The van der Waals surface area contributed by atoms with E-state index in [1.165, 1.54) is 0 Å². The van der Waals surface area contributed by atoms with Crippen molar-refractivity contribution in [1.82, 2.24) is 9.88 Å². The van der Waals surface area contributed by atoms with E-state index in [0.717, 1.165) is 23.0 Å². The molecular formula is C17H23BrN2O3. The van der Waals surface area contributed by atoms with E-state index < -0.39 is 11.2 Å². The topological polar surface area (TPSA) is 62.7 Å². The maximum atomic E-state index is 12.5. The zero-order chi connectivity index (χ0) is 16.8. The summed E-state index contributed by atoms with van der Waals surface area (Å²) in [6, 6.07) is 3.80. The fourth-order valence-corrected chi connectivity index (χ4v) is 3.96. The Morgan fingerprint density at radius 2 is 1.96 bits per heavy atom. The largest absolute Gasteiger partial charge is 0.444 e. The van der Waals surface area contributed by atoms with Gasteiger partial charge >= 0.3 is 6.09 Å². The van der Waals surface area contributed by atoms with E-state index in [-0.39, 0.29) is 18.2 Å². The van der Waals surface area contributed by atoms with E-state index in [2.05, 4.69) is 20.9 Å². The number of hydrogen-bond donors (Lipinski definition) is 1. The predicted molar refractivity (Wildman–Crippen MR) is 90.0 cm³/mol. The van der Waals surface area contributed by atoms with Crippen LogP contribution in [0.5, 0.6) is 0 Å². The average Bonchev–Trinajstić information content (AvgIpc) is 2.71. The summed E-state index contributed by atoms with van der Waals surface area (Å²) in [5.41, 5.74) is -0.598. The van der Waals surface area contributed by atoms with E-state index in [9.17, 15) is 9.90 Å². The Kier molecular flexibility index (Phi) is 4.17. The first-order chi connectivity index (χ1) is 10.7. The molecule has 2 aliphatic rings. The third-order valence-corrected chi connectivity index (χ3v) is 5.10. The van der Waals surface area contributed by atoms with Crippen LogP contribution in [0.4, 0.5) is 4.79 Å². The minimum absolute atomic E-state index is 0.0252. The highest BCUT2D eigenvalue weighted by Crippen LogP contribution is 2.46. The summed E-state index contributed by atoms with van der Waals surface area (Å²) in [6.07, 6.45) is 4.35. The number of carbonyl (C=O) groups is 1. The van der Waals surface area contributed by atoms with Crippen molar-refractivity contribution in [2.45, 2.75) is 69.7 Å². The molecule has 0 radical (unpaired) electrons. The molecular weight excluding hydrogens is 360 g/mol. The van der Waals surface area contributed by atoms with Gasteiger partial charge in [0.25, 0.3) is 0 Å². The lowest BCUT2D eigenvalue weighted by Gasteiger charge is -2.44. The maximum Gasteiger partial charge on any atom is 0.410 e. The van der Waals surface area contributed by atoms with Crippen molar-refractivity contribution in [3.05, 3.63) is 28.5 Å². The highest BCUT2D eigenvalue weighted by molar-refractivity contribution is 9.10. The van der Waals surface area contributed by atoms with Gasteiger partial charge in [-0.05, 0) is 55.6 Å². The molecule has 2 fully saturated rings. The Morgan fingerprint density at radius 1 is 1.35 bits per heavy atom. The smallest absolute Gasteiger partial charge is 0.410 e. The molecule has 6 heteroatoms. The number of fused-ring (bicyclic) bond motifs is 2. The van der Waals surface area contributed by atoms with Crippen molar-refractivity contribution in [2.24, 2.45) is 0 Å². The molecule has 3 heterocycles. The highest BCUT2D eigenvalue weighted by Gasteiger charge is 2.51. The van der Waals surface area contributed by atoms with Crippen LogP contribution in [-0.2, 0) is 10.3 Å². The van der Waals surface area contributed by atoms with Crippen LogP contribution >= 0.6 is 15.9 Å². The molecule has 0 spiro atoms. The minimum atomic E-state index is -0.919. The second-order valence-electron chi connectivity index (χ2n) is 7.58. The third kappa shape index (κ3) is 3.38. The van der Waals surface area contributed by atoms with Crippen LogP contribution in [0.1, 0.15) is 52.0 Å². The van der Waals surface area contributed by atoms with Gasteiger partial charge in [-0.2, -0.15) is 0 Å². The lowest BCUT2D eigenvalue weighted by atomic mass is 9.81. The molecule has 2 bridgehead atoms. The summed E-state index contributed by atoms with van der Waals surface area (Å²) in [6.45, 7) is 5.63. The van der Waals surface area contributed by atoms with Crippen molar-refractivity contribution < 1.29 is 14.6 Å². The number of aliphatic hydroxyl groups is 1. The highest BCUT2D eigenvalue weighted by atomic mass is 79.9. The number of piperidine rings is 1. The van der Waals surface area contributed by atoms with Crippen LogP contribution in [0.15, 0.2) is 22.9 Å². The van der Waals surface area contributed by atoms with Gasteiger partial charge in [-0.15, -0.1) is 0 Å². The number of halogens is 1. The second-order valence-corrected chi connectivity index (χ2v) is 8.39. The lowest BCUT2D eigenvalue weighted by Crippen LogP contribution is -2.53. The van der Waals surface area contributed by atoms with Gasteiger partial charge in [0, 0.05) is 36.7 Å². The molecule has 23 heavy (non-hydrogen) atoms. The van der Waals surface area contributed by atoms with Gasteiger partial charge in [0.2, 0.25) is 0 Å². The van der Waals surface area contributed by atoms with Gasteiger partial charge in [-0.3, -0.25) is 0 Å². The molecule has 1 aromatic rings. The zero-order valence-corrected chi connectivity index (χ0v) is 15.3. The fourth-order valence-electron chi connectivity index (χ4n) is 3.72. The molecule has 2 aliphatic heterocycles. The molecule has 0 aliphatic carbocycles. The number of aromatic nitrogens is 1. The number of ether oxygens (including phenoxy) is 1. The standard InChI is InChI=1S/C17H23BrN2O3/c1-16(2,3)23-15(21)20-12-5-6-13(20)9-17(22,8-12)11-4-7-14(18)19-10-11/h4,7,10,12-13,22H,5-6,8-9H2,1-3H3. The molecule has 1 amide bonds. The van der Waals surface area contributed by atoms with Crippen molar-refractivity contribution in [3.8, 4) is 0 Å². The minimum Gasteiger partial charge on any atom is -0.444 e. The van der Waals surface area contributed by atoms with E-state index in [1.807, 2.05) is 37.8 Å². The van der Waals surface area contributed by atoms with Crippen LogP contribution in [0.2, 0.25) is 0 Å². The number of rotatable bonds is 1. The fraction of sp³-hybridized carbons (Fsp3) is 0.647. The summed E-state index contributed by atoms with van der Waals surface area (Å²) in [7, 11) is 0. The third-order valence-electron chi connectivity index (χ3n) is 4.64. The van der Waals surface area contributed by atoms with Gasteiger partial charge in [-0.25, -0.2) is 9.78 Å². The van der Waals surface area contributed by atoms with Crippen molar-refractivity contribution >= 4 is 22.0 Å². The Labute approximate surface area is 145 Å². The van der Waals surface area contributed by atoms with Crippen LogP contribution in [0.25, 0.3) is 0 Å². The number of nitrogens with zero attached hydrogens (tertiary/aromatic N) is 2. The summed E-state index contributed by atoms with van der Waals surface area (Å²) < 4.78 is 6.28. The van der Waals surface area contributed by atoms with Crippen molar-refractivity contribution in [2.75, 3.05) is 0 Å². The van der Waals surface area contributed by atoms with Crippen LogP contribution < -0.4 is 0 Å². The molecule has 3 rings (SSSR count). The van der Waals surface area contributed by atoms with Gasteiger partial charge < -0.3 is 14.7 Å². The number of pyridine rings is 1.